The third-order valence-electron chi connectivity index (χ3n) is 3.14. The van der Waals surface area contributed by atoms with Crippen molar-refractivity contribution in [2.24, 2.45) is 0 Å². The van der Waals surface area contributed by atoms with Gasteiger partial charge in [0.15, 0.2) is 0 Å². The molecule has 2 aromatic carbocycles. The smallest absolute Gasteiger partial charge is 0.134 e. The summed E-state index contributed by atoms with van der Waals surface area (Å²) in [6.45, 7) is 0. The maximum absolute atomic E-state index is 5.96. The van der Waals surface area contributed by atoms with Crippen LogP contribution in [0.4, 0.5) is 5.69 Å². The molecule has 1 aromatic heterocycles. The summed E-state index contributed by atoms with van der Waals surface area (Å²) >= 11 is 5.96. The van der Waals surface area contributed by atoms with E-state index in [2.05, 4.69) is 17.4 Å². The molecule has 0 atom stereocenters. The minimum atomic E-state index is 0.719. The van der Waals surface area contributed by atoms with E-state index >= 15 is 0 Å². The van der Waals surface area contributed by atoms with E-state index in [1.165, 1.54) is 0 Å². The van der Waals surface area contributed by atoms with Gasteiger partial charge in [-0.15, -0.1) is 0 Å². The summed E-state index contributed by atoms with van der Waals surface area (Å²) in [7, 11) is 1.91. The van der Waals surface area contributed by atoms with Gasteiger partial charge < -0.3 is 9.73 Å². The SMILES string of the molecule is CNc1ccc(/C=C/c2cc3cc(Cl)ccc3o2)cc1. The summed E-state index contributed by atoms with van der Waals surface area (Å²) in [5.74, 6) is 0.819. The number of fused-ring (bicyclic) bond motifs is 1. The molecule has 0 aliphatic heterocycles. The summed E-state index contributed by atoms with van der Waals surface area (Å²) in [5, 5.41) is 4.83. The first-order valence-electron chi connectivity index (χ1n) is 6.39. The monoisotopic (exact) mass is 283 g/mol. The molecule has 1 heterocycles. The van der Waals surface area contributed by atoms with Crippen molar-refractivity contribution in [3.05, 3.63) is 64.9 Å². The second-order valence-corrected chi connectivity index (χ2v) is 4.97. The van der Waals surface area contributed by atoms with E-state index in [1.807, 2.05) is 55.6 Å². The average Bonchev–Trinajstić information content (AvgIpc) is 2.87. The highest BCUT2D eigenvalue weighted by atomic mass is 35.5. The molecule has 0 aliphatic rings. The molecule has 100 valence electrons. The van der Waals surface area contributed by atoms with Gasteiger partial charge in [0.25, 0.3) is 0 Å². The molecule has 0 unspecified atom stereocenters. The highest BCUT2D eigenvalue weighted by Gasteiger charge is 2.01. The number of halogens is 1. The van der Waals surface area contributed by atoms with E-state index in [4.69, 9.17) is 16.0 Å². The number of furan rings is 1. The Hall–Kier alpha value is -2.19. The van der Waals surface area contributed by atoms with Crippen molar-refractivity contribution >= 4 is 40.4 Å². The third-order valence-corrected chi connectivity index (χ3v) is 3.37. The summed E-state index contributed by atoms with van der Waals surface area (Å²) in [5.41, 5.74) is 3.07. The largest absolute Gasteiger partial charge is 0.457 e. The van der Waals surface area contributed by atoms with Crippen molar-refractivity contribution in [2.45, 2.75) is 0 Å². The lowest BCUT2D eigenvalue weighted by molar-refractivity contribution is 0.604. The maximum atomic E-state index is 5.96. The van der Waals surface area contributed by atoms with Gasteiger partial charge in [0.05, 0.1) is 0 Å². The zero-order valence-electron chi connectivity index (χ0n) is 11.1. The molecular weight excluding hydrogens is 270 g/mol. The van der Waals surface area contributed by atoms with Crippen LogP contribution < -0.4 is 5.32 Å². The van der Waals surface area contributed by atoms with Crippen LogP contribution in [0.25, 0.3) is 23.1 Å². The normalized spacial score (nSPS) is 11.3. The first-order chi connectivity index (χ1) is 9.74. The first-order valence-corrected chi connectivity index (χ1v) is 6.77. The van der Waals surface area contributed by atoms with E-state index in [0.717, 1.165) is 33.0 Å². The molecule has 0 spiro atoms. The van der Waals surface area contributed by atoms with E-state index in [1.54, 1.807) is 0 Å². The van der Waals surface area contributed by atoms with Gasteiger partial charge in [-0.3, -0.25) is 0 Å². The molecule has 0 amide bonds. The molecule has 20 heavy (non-hydrogen) atoms. The van der Waals surface area contributed by atoms with Crippen LogP contribution in [0.5, 0.6) is 0 Å². The maximum Gasteiger partial charge on any atom is 0.134 e. The molecule has 0 fully saturated rings. The molecule has 2 nitrogen and oxygen atoms in total. The Labute approximate surface area is 122 Å². The molecular formula is C17H14ClNO. The van der Waals surface area contributed by atoms with Gasteiger partial charge in [-0.1, -0.05) is 29.8 Å². The number of rotatable bonds is 3. The summed E-state index contributed by atoms with van der Waals surface area (Å²) in [6, 6.07) is 15.8. The molecule has 3 rings (SSSR count). The standard InChI is InChI=1S/C17H14ClNO/c1-19-15-6-2-12(3-7-15)4-8-16-11-13-10-14(18)5-9-17(13)20-16/h2-11,19H,1H3/b8-4+. The number of hydrogen-bond donors (Lipinski definition) is 1. The fraction of sp³-hybridized carbons (Fsp3) is 0.0588. The van der Waals surface area contributed by atoms with E-state index in [9.17, 15) is 0 Å². The second-order valence-electron chi connectivity index (χ2n) is 4.54. The van der Waals surface area contributed by atoms with Crippen LogP contribution in [0, 0.1) is 0 Å². The highest BCUT2D eigenvalue weighted by Crippen LogP contribution is 2.24. The Balaban J connectivity index is 1.85. The van der Waals surface area contributed by atoms with Crippen molar-refractivity contribution in [1.29, 1.82) is 0 Å². The molecule has 0 bridgehead atoms. The van der Waals surface area contributed by atoms with Crippen LogP contribution in [0.2, 0.25) is 5.02 Å². The Bertz CT molecular complexity index is 756. The van der Waals surface area contributed by atoms with Crippen LogP contribution in [0.15, 0.2) is 52.9 Å². The Kier molecular flexibility index (Phi) is 3.48. The van der Waals surface area contributed by atoms with Gasteiger partial charge in [0, 0.05) is 23.1 Å². The fourth-order valence-corrected chi connectivity index (χ4v) is 2.24. The van der Waals surface area contributed by atoms with Crippen LogP contribution in [0.1, 0.15) is 11.3 Å². The minimum Gasteiger partial charge on any atom is -0.457 e. The second kappa shape index (κ2) is 5.43. The van der Waals surface area contributed by atoms with Crippen molar-refractivity contribution in [3.63, 3.8) is 0 Å². The molecule has 0 saturated heterocycles. The Morgan fingerprint density at radius 3 is 2.55 bits per heavy atom. The third kappa shape index (κ3) is 2.70. The lowest BCUT2D eigenvalue weighted by Gasteiger charge is -1.98. The lowest BCUT2D eigenvalue weighted by atomic mass is 10.2. The summed E-state index contributed by atoms with van der Waals surface area (Å²) in [6.07, 6.45) is 3.99. The Morgan fingerprint density at radius 1 is 1.00 bits per heavy atom. The van der Waals surface area contributed by atoms with Gasteiger partial charge in [-0.05, 0) is 48.0 Å². The molecule has 1 N–H and O–H groups in total. The molecule has 0 radical (unpaired) electrons. The first kappa shape index (κ1) is 12.8. The van der Waals surface area contributed by atoms with Crippen molar-refractivity contribution in [2.75, 3.05) is 12.4 Å². The number of hydrogen-bond acceptors (Lipinski definition) is 2. The Morgan fingerprint density at radius 2 is 1.80 bits per heavy atom. The van der Waals surface area contributed by atoms with Gasteiger partial charge in [0.1, 0.15) is 11.3 Å². The van der Waals surface area contributed by atoms with E-state index in [0.29, 0.717) is 0 Å². The van der Waals surface area contributed by atoms with Crippen LogP contribution in [-0.4, -0.2) is 7.05 Å². The predicted octanol–water partition coefficient (Wildman–Crippen LogP) is 5.30. The summed E-state index contributed by atoms with van der Waals surface area (Å²) < 4.78 is 5.73. The lowest BCUT2D eigenvalue weighted by Crippen LogP contribution is -1.86. The highest BCUT2D eigenvalue weighted by molar-refractivity contribution is 6.31. The van der Waals surface area contributed by atoms with Gasteiger partial charge in [-0.2, -0.15) is 0 Å². The van der Waals surface area contributed by atoms with Crippen LogP contribution >= 0.6 is 11.6 Å². The fourth-order valence-electron chi connectivity index (χ4n) is 2.06. The number of nitrogens with one attached hydrogen (secondary N) is 1. The summed E-state index contributed by atoms with van der Waals surface area (Å²) in [4.78, 5) is 0. The number of anilines is 1. The van der Waals surface area contributed by atoms with Crippen molar-refractivity contribution in [3.8, 4) is 0 Å². The van der Waals surface area contributed by atoms with Gasteiger partial charge >= 0.3 is 0 Å². The van der Waals surface area contributed by atoms with Crippen LogP contribution in [0.3, 0.4) is 0 Å². The van der Waals surface area contributed by atoms with Crippen LogP contribution in [-0.2, 0) is 0 Å². The van der Waals surface area contributed by atoms with Gasteiger partial charge in [0.2, 0.25) is 0 Å². The molecule has 3 heteroatoms. The zero-order valence-corrected chi connectivity index (χ0v) is 11.8. The average molecular weight is 284 g/mol. The quantitative estimate of drug-likeness (QED) is 0.706. The van der Waals surface area contributed by atoms with Crippen molar-refractivity contribution in [1.82, 2.24) is 0 Å². The predicted molar refractivity (Wildman–Crippen MR) is 86.1 cm³/mol. The van der Waals surface area contributed by atoms with Crippen molar-refractivity contribution < 1.29 is 4.42 Å². The zero-order chi connectivity index (χ0) is 13.9. The molecule has 0 aliphatic carbocycles. The van der Waals surface area contributed by atoms with E-state index in [-0.39, 0.29) is 0 Å². The molecule has 3 aromatic rings. The number of benzene rings is 2. The van der Waals surface area contributed by atoms with E-state index < -0.39 is 0 Å². The molecule has 0 saturated carbocycles. The minimum absolute atomic E-state index is 0.719. The van der Waals surface area contributed by atoms with Gasteiger partial charge in [-0.25, -0.2) is 0 Å². The topological polar surface area (TPSA) is 25.2 Å².